The molecule has 2 aliphatic rings. The summed E-state index contributed by atoms with van der Waals surface area (Å²) in [5.74, 6) is -5.60. The van der Waals surface area contributed by atoms with Crippen LogP contribution in [0.3, 0.4) is 0 Å². The number of esters is 4. The van der Waals surface area contributed by atoms with Crippen molar-refractivity contribution in [1.82, 2.24) is 19.5 Å². The second-order valence-electron chi connectivity index (χ2n) is 11.3. The first-order chi connectivity index (χ1) is 24.7. The van der Waals surface area contributed by atoms with Crippen LogP contribution in [0.15, 0.2) is 12.7 Å². The van der Waals surface area contributed by atoms with Gasteiger partial charge in [-0.3, -0.25) is 28.3 Å². The average Bonchev–Trinajstić information content (AvgIpc) is 3.59. The van der Waals surface area contributed by atoms with Crippen LogP contribution in [-0.4, -0.2) is 132 Å². The first kappa shape index (κ1) is 42.2. The normalized spacial score (nSPS) is 30.0. The van der Waals surface area contributed by atoms with Crippen LogP contribution in [0.5, 0.6) is 0 Å². The Morgan fingerprint density at radius 2 is 1.66 bits per heavy atom. The molecule has 4 rings (SSSR count). The number of aliphatic hydroxyl groups excluding tert-OH is 2. The standard InChI is InChI=1S/C26H35N5O19P2S/c1-10(33)42-6-16(44-11(2)34)22-20(45-12(3)35)14(5-32)21(46-13(4)36)26(48-22)49-51(39,40)50-52(41,53)43-7-15-18(37)19(38)25(47-15)31-9-30-17-23(27)28-8-29-24(17)31/h5,8-9,14-16,18-22,25-26,37-38H,6-7H2,1-4H3,(H,39,40)(H,41,53)(H2,27,28,29)/t14?,15-,16-,18?,19?,20-,21?,22?,25-,26+,52?/m1/s1. The molecule has 2 saturated heterocycles. The Morgan fingerprint density at radius 1 is 1.00 bits per heavy atom. The average molecular weight is 816 g/mol. The third-order valence-electron chi connectivity index (χ3n) is 7.38. The highest BCUT2D eigenvalue weighted by Crippen LogP contribution is 2.62. The molecule has 53 heavy (non-hydrogen) atoms. The van der Waals surface area contributed by atoms with E-state index in [4.69, 9.17) is 59.3 Å². The van der Waals surface area contributed by atoms with Gasteiger partial charge in [0, 0.05) is 27.7 Å². The van der Waals surface area contributed by atoms with Crippen molar-refractivity contribution in [2.75, 3.05) is 18.9 Å². The van der Waals surface area contributed by atoms with E-state index in [-0.39, 0.29) is 23.3 Å². The number of hydrogen-bond donors (Lipinski definition) is 5. The molecule has 12 atom stereocenters. The number of imidazole rings is 1. The summed E-state index contributed by atoms with van der Waals surface area (Å²) < 4.78 is 61.2. The van der Waals surface area contributed by atoms with Gasteiger partial charge in [0.2, 0.25) is 6.29 Å². The smallest absolute Gasteiger partial charge is 0.462 e. The van der Waals surface area contributed by atoms with E-state index in [1.54, 1.807) is 0 Å². The van der Waals surface area contributed by atoms with Gasteiger partial charge in [0.05, 0.1) is 18.9 Å². The van der Waals surface area contributed by atoms with Crippen molar-refractivity contribution in [2.24, 2.45) is 5.92 Å². The molecule has 0 amide bonds. The molecule has 6 N–H and O–H groups in total. The van der Waals surface area contributed by atoms with Crippen molar-refractivity contribution in [3.8, 4) is 0 Å². The Labute approximate surface area is 303 Å². The number of rotatable bonds is 15. The summed E-state index contributed by atoms with van der Waals surface area (Å²) in [6.45, 7) is -2.60. The summed E-state index contributed by atoms with van der Waals surface area (Å²) >= 11 is 4.85. The molecule has 2 aromatic heterocycles. The van der Waals surface area contributed by atoms with E-state index in [9.17, 15) is 48.5 Å². The van der Waals surface area contributed by atoms with Crippen LogP contribution in [0, 0.1) is 5.92 Å². The summed E-state index contributed by atoms with van der Waals surface area (Å²) in [6.07, 6.45) is -13.0. The highest BCUT2D eigenvalue weighted by molar-refractivity contribution is 8.08. The minimum Gasteiger partial charge on any atom is -0.462 e. The molecule has 0 saturated carbocycles. The number of aromatic nitrogens is 4. The lowest BCUT2D eigenvalue weighted by Gasteiger charge is -2.45. The molecule has 24 nitrogen and oxygen atoms in total. The quantitative estimate of drug-likeness (QED) is 0.0578. The maximum Gasteiger partial charge on any atom is 0.481 e. The van der Waals surface area contributed by atoms with Crippen LogP contribution < -0.4 is 5.73 Å². The van der Waals surface area contributed by atoms with Gasteiger partial charge >= 0.3 is 38.4 Å². The lowest BCUT2D eigenvalue weighted by Crippen LogP contribution is -2.62. The largest absolute Gasteiger partial charge is 0.481 e. The zero-order chi connectivity index (χ0) is 39.4. The second kappa shape index (κ2) is 17.3. The summed E-state index contributed by atoms with van der Waals surface area (Å²) in [4.78, 5) is 93.2. The number of carbonyl (C=O) groups is 5. The van der Waals surface area contributed by atoms with Crippen LogP contribution in [0.2, 0.25) is 0 Å². The van der Waals surface area contributed by atoms with Crippen molar-refractivity contribution in [3.63, 3.8) is 0 Å². The molecule has 0 bridgehead atoms. The number of phosphoric ester groups is 1. The number of nitrogens with two attached hydrogens (primary N) is 1. The van der Waals surface area contributed by atoms with Crippen molar-refractivity contribution in [2.45, 2.75) is 82.9 Å². The Balaban J connectivity index is 1.53. The third kappa shape index (κ3) is 10.6. The minimum absolute atomic E-state index is 0.0286. The highest BCUT2D eigenvalue weighted by atomic mass is 32.5. The van der Waals surface area contributed by atoms with Crippen molar-refractivity contribution >= 4 is 73.5 Å². The minimum atomic E-state index is -5.69. The van der Waals surface area contributed by atoms with Crippen molar-refractivity contribution in [3.05, 3.63) is 12.7 Å². The summed E-state index contributed by atoms with van der Waals surface area (Å²) in [7, 11) is -5.69. The zero-order valence-corrected chi connectivity index (χ0v) is 30.6. The maximum absolute atomic E-state index is 13.3. The lowest BCUT2D eigenvalue weighted by molar-refractivity contribution is -0.283. The molecule has 0 aliphatic carbocycles. The lowest BCUT2D eigenvalue weighted by atomic mass is 9.87. The van der Waals surface area contributed by atoms with Crippen LogP contribution >= 0.6 is 14.5 Å². The fourth-order valence-electron chi connectivity index (χ4n) is 5.33. The van der Waals surface area contributed by atoms with Crippen molar-refractivity contribution < 1.29 is 90.3 Å². The Hall–Kier alpha value is -3.58. The SMILES string of the molecule is CC(=O)OC[C@@H](OC(C)=O)C1O[C@@H](OP(=O)(O)OP(O)(=S)OC[C@H]2O[C@@H](n3cnc4c(N)ncnc43)C(O)C2O)C(OC(C)=O)C(C=O)[C@H]1OC(C)=O. The molecule has 294 valence electrons. The zero-order valence-electron chi connectivity index (χ0n) is 28.0. The van der Waals surface area contributed by atoms with Gasteiger partial charge in [0.15, 0.2) is 29.9 Å². The molecule has 27 heteroatoms. The molecule has 0 radical (unpaired) electrons. The number of ether oxygens (including phenoxy) is 6. The number of anilines is 1. The summed E-state index contributed by atoms with van der Waals surface area (Å²) in [5.41, 5.74) is 6.10. The van der Waals surface area contributed by atoms with E-state index >= 15 is 0 Å². The molecular weight excluding hydrogens is 780 g/mol. The van der Waals surface area contributed by atoms with E-state index in [1.165, 1.54) is 10.9 Å². The number of aliphatic hydroxyl groups is 2. The molecule has 0 aromatic carbocycles. The second-order valence-corrected chi connectivity index (χ2v) is 15.7. The van der Waals surface area contributed by atoms with Crippen LogP contribution in [0.1, 0.15) is 33.9 Å². The van der Waals surface area contributed by atoms with Crippen LogP contribution in [0.4, 0.5) is 5.82 Å². The Morgan fingerprint density at radius 3 is 2.26 bits per heavy atom. The topological polar surface area (TPSA) is 336 Å². The van der Waals surface area contributed by atoms with Gasteiger partial charge in [-0.05, 0) is 11.8 Å². The first-order valence-electron chi connectivity index (χ1n) is 15.1. The van der Waals surface area contributed by atoms with E-state index in [0.717, 1.165) is 34.0 Å². The van der Waals surface area contributed by atoms with Gasteiger partial charge in [-0.2, -0.15) is 0 Å². The van der Waals surface area contributed by atoms with Crippen molar-refractivity contribution in [1.29, 1.82) is 0 Å². The van der Waals surface area contributed by atoms with Crippen LogP contribution in [0.25, 0.3) is 11.2 Å². The highest BCUT2D eigenvalue weighted by Gasteiger charge is 2.56. The number of phosphoric acid groups is 1. The molecule has 2 fully saturated rings. The molecular formula is C26H35N5O19P2S. The number of nitrogens with zero attached hydrogens (tertiary/aromatic N) is 4. The Kier molecular flexibility index (Phi) is 13.7. The predicted molar refractivity (Wildman–Crippen MR) is 172 cm³/mol. The summed E-state index contributed by atoms with van der Waals surface area (Å²) in [6, 6.07) is 0. The van der Waals surface area contributed by atoms with Gasteiger partial charge in [-0.25, -0.2) is 23.8 Å². The molecule has 2 aromatic rings. The number of nitrogen functional groups attached to an aromatic ring is 1. The fraction of sp³-hybridized carbons (Fsp3) is 0.615. The Bertz CT molecular complexity index is 1800. The third-order valence-corrected chi connectivity index (χ3v) is 10.9. The monoisotopic (exact) mass is 815 g/mol. The molecule has 4 heterocycles. The molecule has 2 aliphatic heterocycles. The number of aldehydes is 1. The fourth-order valence-corrected chi connectivity index (χ4v) is 8.43. The van der Waals surface area contributed by atoms with E-state index in [1.807, 2.05) is 0 Å². The predicted octanol–water partition coefficient (Wildman–Crippen LogP) is -1.71. The molecule has 7 unspecified atom stereocenters. The number of hydrogen-bond acceptors (Lipinski definition) is 22. The van der Waals surface area contributed by atoms with Gasteiger partial charge in [-0.1, -0.05) is 0 Å². The summed E-state index contributed by atoms with van der Waals surface area (Å²) in [5, 5.41) is 21.3. The maximum atomic E-state index is 13.3. The van der Waals surface area contributed by atoms with Gasteiger partial charge in [-0.15, -0.1) is 0 Å². The van der Waals surface area contributed by atoms with Crippen LogP contribution in [-0.2, 0) is 82.1 Å². The first-order valence-corrected chi connectivity index (χ1v) is 19.2. The number of carbonyl (C=O) groups excluding carboxylic acids is 5. The van der Waals surface area contributed by atoms with E-state index in [2.05, 4.69) is 15.0 Å². The van der Waals surface area contributed by atoms with Gasteiger partial charge < -0.3 is 63.5 Å². The van der Waals surface area contributed by atoms with Gasteiger partial charge in [0.1, 0.15) is 55.3 Å². The van der Waals surface area contributed by atoms with E-state index in [0.29, 0.717) is 0 Å². The van der Waals surface area contributed by atoms with Gasteiger partial charge in [0.25, 0.3) is 0 Å². The number of fused-ring (bicyclic) bond motifs is 1. The van der Waals surface area contributed by atoms with E-state index < -0.39 is 113 Å². The molecule has 0 spiro atoms.